The first kappa shape index (κ1) is 25.9. The molecule has 1 aliphatic heterocycles. The Hall–Kier alpha value is -2.78. The predicted molar refractivity (Wildman–Crippen MR) is 140 cm³/mol. The third kappa shape index (κ3) is 5.43. The van der Waals surface area contributed by atoms with Crippen molar-refractivity contribution in [2.45, 2.75) is 44.7 Å². The van der Waals surface area contributed by atoms with Crippen molar-refractivity contribution in [3.05, 3.63) is 60.2 Å². The Kier molecular flexibility index (Phi) is 7.36. The van der Waals surface area contributed by atoms with Crippen LogP contribution in [0.4, 0.5) is 9.18 Å². The van der Waals surface area contributed by atoms with Gasteiger partial charge in [0.05, 0.1) is 18.1 Å². The molecule has 1 aromatic heterocycles. The minimum atomic E-state index is -3.28. The molecule has 2 heterocycles. The average molecular weight is 528 g/mol. The third-order valence-corrected chi connectivity index (χ3v) is 10.4. The lowest BCUT2D eigenvalue weighted by Crippen LogP contribution is -2.50. The summed E-state index contributed by atoms with van der Waals surface area (Å²) >= 11 is 0. The van der Waals surface area contributed by atoms with Crippen molar-refractivity contribution in [1.82, 2.24) is 14.6 Å². The fourth-order valence-corrected chi connectivity index (χ4v) is 8.46. The van der Waals surface area contributed by atoms with Crippen LogP contribution in [0.1, 0.15) is 38.3 Å². The van der Waals surface area contributed by atoms with Crippen molar-refractivity contribution in [1.29, 1.82) is 0 Å². The summed E-state index contributed by atoms with van der Waals surface area (Å²) in [7, 11) is -1.58. The van der Waals surface area contributed by atoms with Gasteiger partial charge in [0, 0.05) is 30.9 Å². The number of hydrogen-bond acceptors (Lipinski definition) is 5. The second-order valence-electron chi connectivity index (χ2n) is 10.5. The van der Waals surface area contributed by atoms with Gasteiger partial charge in [-0.2, -0.15) is 0 Å². The molecule has 3 aliphatic rings. The van der Waals surface area contributed by atoms with Gasteiger partial charge in [-0.15, -0.1) is 0 Å². The molecule has 6 atom stereocenters. The van der Waals surface area contributed by atoms with Gasteiger partial charge >= 0.3 is 6.09 Å². The zero-order chi connectivity index (χ0) is 26.2. The van der Waals surface area contributed by atoms with Crippen LogP contribution in [-0.4, -0.2) is 55.3 Å². The SMILES string of the molecule is CCOC(=O)N[C@H]1CC[C@@H]2[C@@H](C1)C[C@H]1[C@H](CS(=O)(=O)N1C)[C@H]2/C=C/c1ccc(-c2cccc(F)c2)cn1. The van der Waals surface area contributed by atoms with Crippen molar-refractivity contribution >= 4 is 22.2 Å². The minimum absolute atomic E-state index is 0.0358. The largest absolute Gasteiger partial charge is 0.450 e. The number of fused-ring (bicyclic) bond motifs is 2. The van der Waals surface area contributed by atoms with Gasteiger partial charge in [-0.3, -0.25) is 4.98 Å². The molecule has 0 bridgehead atoms. The van der Waals surface area contributed by atoms with E-state index >= 15 is 0 Å². The summed E-state index contributed by atoms with van der Waals surface area (Å²) in [5.41, 5.74) is 2.39. The van der Waals surface area contributed by atoms with Crippen molar-refractivity contribution in [2.75, 3.05) is 19.4 Å². The first-order valence-electron chi connectivity index (χ1n) is 13.0. The number of carbonyl (C=O) groups excluding carboxylic acids is 1. The molecule has 1 aromatic carbocycles. The van der Waals surface area contributed by atoms with Crippen LogP contribution in [0.25, 0.3) is 17.2 Å². The molecular weight excluding hydrogens is 493 g/mol. The molecule has 5 rings (SSSR count). The van der Waals surface area contributed by atoms with E-state index in [4.69, 9.17) is 4.74 Å². The van der Waals surface area contributed by atoms with Gasteiger partial charge in [0.25, 0.3) is 0 Å². The molecule has 2 saturated carbocycles. The van der Waals surface area contributed by atoms with E-state index in [0.29, 0.717) is 18.4 Å². The highest BCUT2D eigenvalue weighted by Crippen LogP contribution is 2.51. The van der Waals surface area contributed by atoms with Crippen molar-refractivity contribution in [3.63, 3.8) is 0 Å². The van der Waals surface area contributed by atoms with Crippen LogP contribution in [-0.2, 0) is 14.8 Å². The van der Waals surface area contributed by atoms with E-state index in [1.165, 1.54) is 12.1 Å². The Labute approximate surface area is 218 Å². The number of halogens is 1. The standard InChI is InChI=1S/C28H34FN3O4S/c1-3-36-28(33)31-23-10-11-24-20(14-23)15-27-26(17-37(34,35)32(27)2)25(24)12-9-22-8-7-19(16-30-22)18-5-4-6-21(29)13-18/h4-9,12-13,16,20,23-27H,3,10-11,14-15,17H2,1-2H3,(H,31,33)/b12-9+/t20-,23-,24+,25-,26+,27-/m0/s1. The highest BCUT2D eigenvalue weighted by molar-refractivity contribution is 7.89. The summed E-state index contributed by atoms with van der Waals surface area (Å²) in [6.45, 7) is 2.12. The number of amides is 1. The van der Waals surface area contributed by atoms with Gasteiger partial charge in [0.2, 0.25) is 10.0 Å². The smallest absolute Gasteiger partial charge is 0.407 e. The van der Waals surface area contributed by atoms with E-state index in [2.05, 4.69) is 16.4 Å². The number of rotatable bonds is 5. The number of nitrogens with one attached hydrogen (secondary N) is 1. The predicted octanol–water partition coefficient (Wildman–Crippen LogP) is 4.71. The lowest BCUT2D eigenvalue weighted by atomic mass is 9.59. The molecule has 0 radical (unpaired) electrons. The van der Waals surface area contributed by atoms with E-state index in [9.17, 15) is 17.6 Å². The number of allylic oxidation sites excluding steroid dienone is 1. The summed E-state index contributed by atoms with van der Waals surface area (Å²) in [4.78, 5) is 16.6. The van der Waals surface area contributed by atoms with Gasteiger partial charge in [-0.25, -0.2) is 21.9 Å². The quantitative estimate of drug-likeness (QED) is 0.608. The Bertz CT molecular complexity index is 1270. The molecule has 1 N–H and O–H groups in total. The fraction of sp³-hybridized carbons (Fsp3) is 0.500. The number of benzene rings is 1. The van der Waals surface area contributed by atoms with E-state index in [1.54, 1.807) is 30.5 Å². The monoisotopic (exact) mass is 527 g/mol. The second kappa shape index (κ2) is 10.5. The molecule has 0 unspecified atom stereocenters. The molecular formula is C28H34FN3O4S. The van der Waals surface area contributed by atoms with E-state index in [1.807, 2.05) is 24.3 Å². The fourth-order valence-electron chi connectivity index (χ4n) is 6.64. The lowest BCUT2D eigenvalue weighted by Gasteiger charge is -2.48. The highest BCUT2D eigenvalue weighted by Gasteiger charge is 2.53. The number of ether oxygens (including phenoxy) is 1. The molecule has 3 fully saturated rings. The van der Waals surface area contributed by atoms with E-state index in [-0.39, 0.29) is 41.6 Å². The first-order valence-corrected chi connectivity index (χ1v) is 14.6. The summed E-state index contributed by atoms with van der Waals surface area (Å²) in [6, 6.07) is 10.3. The Balaban J connectivity index is 1.36. The molecule has 0 spiro atoms. The van der Waals surface area contributed by atoms with Gasteiger partial charge in [-0.1, -0.05) is 24.3 Å². The van der Waals surface area contributed by atoms with Crippen molar-refractivity contribution < 1.29 is 22.3 Å². The number of hydrogen-bond donors (Lipinski definition) is 1. The van der Waals surface area contributed by atoms with Crippen LogP contribution < -0.4 is 5.32 Å². The maximum absolute atomic E-state index is 13.6. The molecule has 1 saturated heterocycles. The summed E-state index contributed by atoms with van der Waals surface area (Å²) < 4.78 is 45.9. The van der Waals surface area contributed by atoms with Crippen LogP contribution in [0, 0.1) is 29.5 Å². The zero-order valence-corrected chi connectivity index (χ0v) is 22.0. The average Bonchev–Trinajstić information content (AvgIpc) is 3.10. The third-order valence-electron chi connectivity index (χ3n) is 8.41. The van der Waals surface area contributed by atoms with Gasteiger partial charge in [0.1, 0.15) is 5.82 Å². The molecule has 2 aliphatic carbocycles. The lowest BCUT2D eigenvalue weighted by molar-refractivity contribution is 0.0407. The molecule has 37 heavy (non-hydrogen) atoms. The Morgan fingerprint density at radius 3 is 2.76 bits per heavy atom. The first-order chi connectivity index (χ1) is 17.7. The Morgan fingerprint density at radius 1 is 1.19 bits per heavy atom. The molecule has 1 amide bonds. The summed E-state index contributed by atoms with van der Waals surface area (Å²) in [5.74, 6) is 0.696. The molecule has 198 valence electrons. The normalized spacial score (nSPS) is 31.0. The van der Waals surface area contributed by atoms with Crippen LogP contribution in [0.3, 0.4) is 0 Å². The van der Waals surface area contributed by atoms with Gasteiger partial charge in [-0.05, 0) is 86.1 Å². The number of nitrogens with zero attached hydrogens (tertiary/aromatic N) is 2. The topological polar surface area (TPSA) is 88.6 Å². The zero-order valence-electron chi connectivity index (χ0n) is 21.2. The van der Waals surface area contributed by atoms with E-state index < -0.39 is 10.0 Å². The maximum atomic E-state index is 13.6. The Morgan fingerprint density at radius 2 is 2.03 bits per heavy atom. The number of alkyl carbamates (subject to hydrolysis) is 1. The molecule has 9 heteroatoms. The van der Waals surface area contributed by atoms with Crippen LogP contribution in [0.15, 0.2) is 48.7 Å². The van der Waals surface area contributed by atoms with Crippen LogP contribution >= 0.6 is 0 Å². The summed E-state index contributed by atoms with van der Waals surface area (Å²) in [6.07, 6.45) is 8.92. The number of pyridine rings is 1. The minimum Gasteiger partial charge on any atom is -0.450 e. The number of carbonyl (C=O) groups is 1. The number of sulfonamides is 1. The highest BCUT2D eigenvalue weighted by atomic mass is 32.2. The molecule has 7 nitrogen and oxygen atoms in total. The van der Waals surface area contributed by atoms with Gasteiger partial charge < -0.3 is 10.1 Å². The summed E-state index contributed by atoms with van der Waals surface area (Å²) in [5, 5.41) is 2.99. The van der Waals surface area contributed by atoms with Gasteiger partial charge in [0.15, 0.2) is 0 Å². The van der Waals surface area contributed by atoms with Crippen LogP contribution in [0.2, 0.25) is 0 Å². The second-order valence-corrected chi connectivity index (χ2v) is 12.6. The van der Waals surface area contributed by atoms with Crippen LogP contribution in [0.5, 0.6) is 0 Å². The van der Waals surface area contributed by atoms with Crippen molar-refractivity contribution in [3.8, 4) is 11.1 Å². The number of aromatic nitrogens is 1. The van der Waals surface area contributed by atoms with E-state index in [0.717, 1.165) is 42.5 Å². The maximum Gasteiger partial charge on any atom is 0.407 e. The van der Waals surface area contributed by atoms with Crippen molar-refractivity contribution in [2.24, 2.45) is 23.7 Å². The molecule has 2 aromatic rings.